The van der Waals surface area contributed by atoms with Gasteiger partial charge in [0.2, 0.25) is 0 Å². The highest BCUT2D eigenvalue weighted by Crippen LogP contribution is 2.39. The summed E-state index contributed by atoms with van der Waals surface area (Å²) in [6.07, 6.45) is -7.62. The molecular formula is C16H21ClF6N2. The zero-order valence-electron chi connectivity index (χ0n) is 13.6. The fourth-order valence-corrected chi connectivity index (χ4v) is 3.17. The summed E-state index contributed by atoms with van der Waals surface area (Å²) in [5.74, 6) is 0.0550. The Morgan fingerprint density at radius 1 is 1.20 bits per heavy atom. The topological polar surface area (TPSA) is 15.3 Å². The molecule has 0 saturated carbocycles. The zero-order chi connectivity index (χ0) is 18.0. The molecule has 1 aliphatic rings. The monoisotopic (exact) mass is 390 g/mol. The molecule has 1 aromatic carbocycles. The lowest BCUT2D eigenvalue weighted by Gasteiger charge is -2.34. The van der Waals surface area contributed by atoms with E-state index in [0.717, 1.165) is 42.5 Å². The molecule has 0 aromatic heterocycles. The van der Waals surface area contributed by atoms with Crippen molar-refractivity contribution in [3.05, 3.63) is 35.4 Å². The second-order valence-electron chi connectivity index (χ2n) is 6.22. The summed E-state index contributed by atoms with van der Waals surface area (Å²) >= 11 is 0. The van der Waals surface area contributed by atoms with Crippen molar-refractivity contribution in [3.8, 4) is 0 Å². The minimum atomic E-state index is -4.67. The van der Waals surface area contributed by atoms with E-state index in [4.69, 9.17) is 0 Å². The molecule has 1 aliphatic heterocycles. The van der Waals surface area contributed by atoms with E-state index in [9.17, 15) is 26.3 Å². The molecule has 0 spiro atoms. The number of benzene rings is 1. The molecule has 0 radical (unpaired) electrons. The van der Waals surface area contributed by atoms with Crippen LogP contribution in [0.15, 0.2) is 24.3 Å². The molecule has 2 nitrogen and oxygen atoms in total. The summed E-state index contributed by atoms with van der Waals surface area (Å²) in [6, 6.07) is 1.44. The minimum absolute atomic E-state index is 0. The van der Waals surface area contributed by atoms with Crippen LogP contribution in [0.25, 0.3) is 0 Å². The molecule has 1 heterocycles. The van der Waals surface area contributed by atoms with Gasteiger partial charge in [-0.25, -0.2) is 0 Å². The van der Waals surface area contributed by atoms with E-state index < -0.39 is 24.0 Å². The molecule has 9 heteroatoms. The Bertz CT molecular complexity index is 540. The van der Waals surface area contributed by atoms with Crippen LogP contribution in [0.5, 0.6) is 0 Å². The van der Waals surface area contributed by atoms with Gasteiger partial charge in [-0.2, -0.15) is 26.3 Å². The Morgan fingerprint density at radius 2 is 1.88 bits per heavy atom. The van der Waals surface area contributed by atoms with Crippen molar-refractivity contribution in [2.45, 2.75) is 31.2 Å². The van der Waals surface area contributed by atoms with Crippen LogP contribution in [-0.4, -0.2) is 37.8 Å². The van der Waals surface area contributed by atoms with Gasteiger partial charge in [0, 0.05) is 6.54 Å². The van der Waals surface area contributed by atoms with Crippen molar-refractivity contribution in [1.29, 1.82) is 0 Å². The summed E-state index contributed by atoms with van der Waals surface area (Å²) in [5, 5.41) is 3.13. The van der Waals surface area contributed by atoms with E-state index in [-0.39, 0.29) is 30.4 Å². The van der Waals surface area contributed by atoms with Gasteiger partial charge >= 0.3 is 12.4 Å². The van der Waals surface area contributed by atoms with Crippen LogP contribution in [0.3, 0.4) is 0 Å². The average Bonchev–Trinajstić information content (AvgIpc) is 2.46. The number of halogens is 7. The molecule has 0 bridgehead atoms. The van der Waals surface area contributed by atoms with Gasteiger partial charge < -0.3 is 5.32 Å². The second-order valence-corrected chi connectivity index (χ2v) is 6.22. The van der Waals surface area contributed by atoms with E-state index >= 15 is 0 Å². The van der Waals surface area contributed by atoms with Gasteiger partial charge in [-0.1, -0.05) is 12.1 Å². The Labute approximate surface area is 149 Å². The molecule has 2 rings (SSSR count). The quantitative estimate of drug-likeness (QED) is 0.752. The van der Waals surface area contributed by atoms with Gasteiger partial charge in [-0.15, -0.1) is 12.4 Å². The Morgan fingerprint density at radius 3 is 2.40 bits per heavy atom. The maximum atomic E-state index is 13.5. The van der Waals surface area contributed by atoms with Crippen LogP contribution in [0.1, 0.15) is 30.0 Å². The third-order valence-electron chi connectivity index (χ3n) is 4.23. The Kier molecular flexibility index (Phi) is 7.58. The molecular weight excluding hydrogens is 370 g/mol. The maximum absolute atomic E-state index is 13.5. The van der Waals surface area contributed by atoms with E-state index in [1.807, 2.05) is 0 Å². The van der Waals surface area contributed by atoms with Crippen LogP contribution in [-0.2, 0) is 6.18 Å². The highest BCUT2D eigenvalue weighted by molar-refractivity contribution is 5.85. The fraction of sp³-hybridized carbons (Fsp3) is 0.625. The molecule has 144 valence electrons. The molecule has 2 unspecified atom stereocenters. The number of piperidine rings is 1. The molecule has 0 amide bonds. The smallest absolute Gasteiger partial charge is 0.316 e. The standard InChI is InChI=1S/C16H20F6N2.ClH/c1-24(10-11-4-3-7-23-9-11)14(16(20,21)22)12-5-2-6-13(8-12)15(17,18)19;/h2,5-6,8,11,14,23H,3-4,7,9-10H2,1H3;1H. The molecule has 2 atom stereocenters. The van der Waals surface area contributed by atoms with Gasteiger partial charge in [-0.05, 0) is 56.6 Å². The van der Waals surface area contributed by atoms with Crippen molar-refractivity contribution in [2.75, 3.05) is 26.7 Å². The number of nitrogens with zero attached hydrogens (tertiary/aromatic N) is 1. The molecule has 1 aromatic rings. The van der Waals surface area contributed by atoms with E-state index in [0.29, 0.717) is 12.6 Å². The second kappa shape index (κ2) is 8.60. The van der Waals surface area contributed by atoms with Crippen LogP contribution in [0.2, 0.25) is 0 Å². The van der Waals surface area contributed by atoms with Crippen LogP contribution >= 0.6 is 12.4 Å². The van der Waals surface area contributed by atoms with Gasteiger partial charge in [0.15, 0.2) is 0 Å². The fourth-order valence-electron chi connectivity index (χ4n) is 3.17. The molecule has 1 fully saturated rings. The van der Waals surface area contributed by atoms with Gasteiger partial charge in [0.25, 0.3) is 0 Å². The number of hydrogen-bond donors (Lipinski definition) is 1. The SMILES string of the molecule is CN(CC1CCCNC1)C(c1cccc(C(F)(F)F)c1)C(F)(F)F.Cl. The third kappa shape index (κ3) is 6.04. The summed E-state index contributed by atoms with van der Waals surface area (Å²) in [6.45, 7) is 1.64. The van der Waals surface area contributed by atoms with Crippen LogP contribution < -0.4 is 5.32 Å². The van der Waals surface area contributed by atoms with E-state index in [2.05, 4.69) is 5.32 Å². The lowest BCUT2D eigenvalue weighted by molar-refractivity contribution is -0.184. The lowest BCUT2D eigenvalue weighted by atomic mass is 9.96. The Balaban J connectivity index is 0.00000312. The largest absolute Gasteiger partial charge is 0.416 e. The maximum Gasteiger partial charge on any atom is 0.416 e. The van der Waals surface area contributed by atoms with Gasteiger partial charge in [-0.3, -0.25) is 4.90 Å². The average molecular weight is 391 g/mol. The first-order valence-electron chi connectivity index (χ1n) is 7.74. The highest BCUT2D eigenvalue weighted by atomic mass is 35.5. The summed E-state index contributed by atoms with van der Waals surface area (Å²) in [7, 11) is 1.31. The summed E-state index contributed by atoms with van der Waals surface area (Å²) in [5.41, 5.74) is -1.45. The van der Waals surface area contributed by atoms with Crippen molar-refractivity contribution < 1.29 is 26.3 Å². The van der Waals surface area contributed by atoms with Gasteiger partial charge in [0.05, 0.1) is 5.56 Å². The van der Waals surface area contributed by atoms with Crippen LogP contribution in [0, 0.1) is 5.92 Å². The summed E-state index contributed by atoms with van der Waals surface area (Å²) in [4.78, 5) is 1.10. The van der Waals surface area contributed by atoms with Crippen molar-refractivity contribution in [2.24, 2.45) is 5.92 Å². The molecule has 1 N–H and O–H groups in total. The number of rotatable bonds is 4. The van der Waals surface area contributed by atoms with E-state index in [1.54, 1.807) is 0 Å². The minimum Gasteiger partial charge on any atom is -0.316 e. The molecule has 0 aliphatic carbocycles. The third-order valence-corrected chi connectivity index (χ3v) is 4.23. The Hall–Kier alpha value is -0.990. The highest BCUT2D eigenvalue weighted by Gasteiger charge is 2.44. The normalized spacial score (nSPS) is 20.2. The lowest BCUT2D eigenvalue weighted by Crippen LogP contribution is -2.42. The first-order valence-corrected chi connectivity index (χ1v) is 7.74. The van der Waals surface area contributed by atoms with Gasteiger partial charge in [0.1, 0.15) is 6.04 Å². The number of hydrogen-bond acceptors (Lipinski definition) is 2. The van der Waals surface area contributed by atoms with Crippen molar-refractivity contribution >= 4 is 12.4 Å². The summed E-state index contributed by atoms with van der Waals surface area (Å²) < 4.78 is 78.9. The number of alkyl halides is 6. The van der Waals surface area contributed by atoms with Crippen LogP contribution in [0.4, 0.5) is 26.3 Å². The number of nitrogens with one attached hydrogen (secondary N) is 1. The van der Waals surface area contributed by atoms with Crippen molar-refractivity contribution in [1.82, 2.24) is 10.2 Å². The predicted molar refractivity (Wildman–Crippen MR) is 85.7 cm³/mol. The zero-order valence-corrected chi connectivity index (χ0v) is 14.4. The van der Waals surface area contributed by atoms with E-state index in [1.165, 1.54) is 7.05 Å². The first-order chi connectivity index (χ1) is 11.1. The van der Waals surface area contributed by atoms with Crippen molar-refractivity contribution in [3.63, 3.8) is 0 Å². The predicted octanol–water partition coefficient (Wildman–Crippen LogP) is 4.66. The first kappa shape index (κ1) is 22.1. The molecule has 1 saturated heterocycles. The molecule has 25 heavy (non-hydrogen) atoms.